The Hall–Kier alpha value is -2.38. The first-order chi connectivity index (χ1) is 13.4. The van der Waals surface area contributed by atoms with Crippen molar-refractivity contribution in [3.8, 4) is 5.75 Å². The Kier molecular flexibility index (Phi) is 6.36. The van der Waals surface area contributed by atoms with E-state index in [-0.39, 0.29) is 12.3 Å². The SMILES string of the molecule is COC(=O)Oc1ccc(C(N)CC(=O)N2CC(C)Cc3ccccc32)c(Br)c1. The van der Waals surface area contributed by atoms with E-state index in [4.69, 9.17) is 10.5 Å². The van der Waals surface area contributed by atoms with Gasteiger partial charge >= 0.3 is 6.16 Å². The van der Waals surface area contributed by atoms with Crippen LogP contribution >= 0.6 is 15.9 Å². The molecule has 7 heteroatoms. The summed E-state index contributed by atoms with van der Waals surface area (Å²) >= 11 is 3.44. The summed E-state index contributed by atoms with van der Waals surface area (Å²) in [6, 6.07) is 12.5. The zero-order valence-electron chi connectivity index (χ0n) is 15.9. The molecule has 2 unspecified atom stereocenters. The maximum Gasteiger partial charge on any atom is 0.513 e. The standard InChI is InChI=1S/C21H23BrN2O4/c1-13-9-14-5-3-4-6-19(14)24(12-13)20(25)11-18(23)16-8-7-15(10-17(16)22)28-21(26)27-2/h3-8,10,13,18H,9,11-12,23H2,1-2H3. The van der Waals surface area contributed by atoms with Crippen molar-refractivity contribution >= 4 is 33.7 Å². The number of hydrogen-bond donors (Lipinski definition) is 1. The normalized spacial score (nSPS) is 16.9. The minimum absolute atomic E-state index is 0.00622. The summed E-state index contributed by atoms with van der Waals surface area (Å²) in [7, 11) is 1.24. The number of hydrogen-bond acceptors (Lipinski definition) is 5. The fourth-order valence-electron chi connectivity index (χ4n) is 3.45. The highest BCUT2D eigenvalue weighted by Gasteiger charge is 2.27. The lowest BCUT2D eigenvalue weighted by Gasteiger charge is -2.34. The maximum absolute atomic E-state index is 13.0. The van der Waals surface area contributed by atoms with Crippen LogP contribution in [0.1, 0.15) is 30.5 Å². The van der Waals surface area contributed by atoms with Gasteiger partial charge in [-0.1, -0.05) is 47.1 Å². The lowest BCUT2D eigenvalue weighted by molar-refractivity contribution is -0.119. The van der Waals surface area contributed by atoms with Crippen molar-refractivity contribution in [3.63, 3.8) is 0 Å². The van der Waals surface area contributed by atoms with Gasteiger partial charge in [0.2, 0.25) is 5.91 Å². The average molecular weight is 447 g/mol. The van der Waals surface area contributed by atoms with Gasteiger partial charge in [0.1, 0.15) is 5.75 Å². The van der Waals surface area contributed by atoms with Crippen molar-refractivity contribution < 1.29 is 19.1 Å². The summed E-state index contributed by atoms with van der Waals surface area (Å²) in [5, 5.41) is 0. The zero-order chi connectivity index (χ0) is 20.3. The molecule has 1 aliphatic rings. The molecule has 0 saturated heterocycles. The lowest BCUT2D eigenvalue weighted by atomic mass is 9.93. The van der Waals surface area contributed by atoms with E-state index in [1.165, 1.54) is 12.7 Å². The van der Waals surface area contributed by atoms with Gasteiger partial charge in [-0.15, -0.1) is 0 Å². The predicted molar refractivity (Wildman–Crippen MR) is 110 cm³/mol. The van der Waals surface area contributed by atoms with Crippen molar-refractivity contribution in [1.82, 2.24) is 0 Å². The van der Waals surface area contributed by atoms with Crippen LogP contribution in [0.15, 0.2) is 46.9 Å². The van der Waals surface area contributed by atoms with Crippen molar-refractivity contribution in [2.45, 2.75) is 25.8 Å². The molecule has 0 saturated carbocycles. The molecule has 148 valence electrons. The smallest absolute Gasteiger partial charge is 0.437 e. The minimum atomic E-state index is -0.794. The van der Waals surface area contributed by atoms with E-state index in [0.717, 1.165) is 17.7 Å². The number of methoxy groups -OCH3 is 1. The molecule has 1 amide bonds. The van der Waals surface area contributed by atoms with E-state index in [0.29, 0.717) is 22.7 Å². The van der Waals surface area contributed by atoms with Gasteiger partial charge in [-0.2, -0.15) is 0 Å². The summed E-state index contributed by atoms with van der Waals surface area (Å²) in [6.45, 7) is 2.84. The summed E-state index contributed by atoms with van der Waals surface area (Å²) in [5.41, 5.74) is 9.25. The molecule has 0 aliphatic carbocycles. The van der Waals surface area contributed by atoms with Gasteiger partial charge in [0.25, 0.3) is 0 Å². The summed E-state index contributed by atoms with van der Waals surface area (Å²) < 4.78 is 10.1. The first-order valence-electron chi connectivity index (χ1n) is 9.08. The second kappa shape index (κ2) is 8.75. The van der Waals surface area contributed by atoms with Crippen molar-refractivity contribution in [3.05, 3.63) is 58.1 Å². The predicted octanol–water partition coefficient (Wildman–Crippen LogP) is 4.21. The lowest BCUT2D eigenvalue weighted by Crippen LogP contribution is -2.40. The van der Waals surface area contributed by atoms with Crippen LogP contribution in [0.2, 0.25) is 0 Å². The number of benzene rings is 2. The van der Waals surface area contributed by atoms with Gasteiger partial charge in [-0.25, -0.2) is 4.79 Å². The van der Waals surface area contributed by atoms with Crippen LogP contribution in [0.25, 0.3) is 0 Å². The molecular formula is C21H23BrN2O4. The summed E-state index contributed by atoms with van der Waals surface area (Å²) in [5.74, 6) is 0.727. The fraction of sp³-hybridized carbons (Fsp3) is 0.333. The Morgan fingerprint density at radius 3 is 2.75 bits per heavy atom. The first kappa shape index (κ1) is 20.4. The molecule has 3 rings (SSSR count). The van der Waals surface area contributed by atoms with Crippen molar-refractivity contribution in [2.24, 2.45) is 11.7 Å². The Balaban J connectivity index is 1.73. The molecule has 1 aliphatic heterocycles. The molecule has 1 heterocycles. The molecule has 2 N–H and O–H groups in total. The van der Waals surface area contributed by atoms with Gasteiger partial charge < -0.3 is 20.1 Å². The van der Waals surface area contributed by atoms with Crippen LogP contribution in [0.5, 0.6) is 5.75 Å². The molecule has 0 radical (unpaired) electrons. The van der Waals surface area contributed by atoms with Crippen LogP contribution in [0, 0.1) is 5.92 Å². The monoisotopic (exact) mass is 446 g/mol. The van der Waals surface area contributed by atoms with Gasteiger partial charge in [-0.05, 0) is 41.7 Å². The van der Waals surface area contributed by atoms with Gasteiger partial charge in [0.05, 0.1) is 7.11 Å². The van der Waals surface area contributed by atoms with E-state index >= 15 is 0 Å². The molecule has 2 atom stereocenters. The van der Waals surface area contributed by atoms with E-state index in [1.807, 2.05) is 23.1 Å². The molecule has 0 fully saturated rings. The van der Waals surface area contributed by atoms with Gasteiger partial charge in [0, 0.05) is 29.2 Å². The third-order valence-electron chi connectivity index (χ3n) is 4.78. The van der Waals surface area contributed by atoms with Gasteiger partial charge in [0.15, 0.2) is 0 Å². The third-order valence-corrected chi connectivity index (χ3v) is 5.47. The highest BCUT2D eigenvalue weighted by molar-refractivity contribution is 9.10. The van der Waals surface area contributed by atoms with Crippen LogP contribution in [0.4, 0.5) is 10.5 Å². The van der Waals surface area contributed by atoms with E-state index in [2.05, 4.69) is 33.7 Å². The van der Waals surface area contributed by atoms with Crippen molar-refractivity contribution in [1.29, 1.82) is 0 Å². The topological polar surface area (TPSA) is 81.9 Å². The number of nitrogens with zero attached hydrogens (tertiary/aromatic N) is 1. The molecule has 2 aromatic rings. The molecule has 2 aromatic carbocycles. The van der Waals surface area contributed by atoms with Crippen molar-refractivity contribution in [2.75, 3.05) is 18.6 Å². The number of rotatable bonds is 4. The second-order valence-corrected chi connectivity index (χ2v) is 7.85. The third kappa shape index (κ3) is 4.54. The number of carbonyl (C=O) groups excluding carboxylic acids is 2. The number of carbonyl (C=O) groups is 2. The minimum Gasteiger partial charge on any atom is -0.437 e. The quantitative estimate of drug-likeness (QED) is 0.561. The highest BCUT2D eigenvalue weighted by Crippen LogP contribution is 2.32. The Labute approximate surface area is 172 Å². The van der Waals surface area contributed by atoms with E-state index in [1.54, 1.807) is 18.2 Å². The molecule has 0 aromatic heterocycles. The first-order valence-corrected chi connectivity index (χ1v) is 9.87. The number of anilines is 1. The molecule has 0 bridgehead atoms. The van der Waals surface area contributed by atoms with Crippen LogP contribution in [-0.4, -0.2) is 25.7 Å². The number of halogens is 1. The van der Waals surface area contributed by atoms with Crippen LogP contribution in [-0.2, 0) is 16.0 Å². The highest BCUT2D eigenvalue weighted by atomic mass is 79.9. The van der Waals surface area contributed by atoms with Gasteiger partial charge in [-0.3, -0.25) is 4.79 Å². The number of amides is 1. The Bertz CT molecular complexity index is 886. The molecule has 28 heavy (non-hydrogen) atoms. The Morgan fingerprint density at radius 1 is 1.29 bits per heavy atom. The molecule has 0 spiro atoms. The number of nitrogens with two attached hydrogens (primary N) is 1. The Morgan fingerprint density at radius 2 is 2.04 bits per heavy atom. The second-order valence-electron chi connectivity index (χ2n) is 6.99. The molecular weight excluding hydrogens is 424 g/mol. The number of para-hydroxylation sites is 1. The maximum atomic E-state index is 13.0. The van der Waals surface area contributed by atoms with Crippen LogP contribution < -0.4 is 15.4 Å². The van der Waals surface area contributed by atoms with E-state index in [9.17, 15) is 9.59 Å². The summed E-state index contributed by atoms with van der Waals surface area (Å²) in [6.07, 6.45) is 0.354. The van der Waals surface area contributed by atoms with E-state index < -0.39 is 12.2 Å². The summed E-state index contributed by atoms with van der Waals surface area (Å²) in [4.78, 5) is 26.1. The fourth-order valence-corrected chi connectivity index (χ4v) is 4.10. The largest absolute Gasteiger partial charge is 0.513 e. The van der Waals surface area contributed by atoms with Crippen LogP contribution in [0.3, 0.4) is 0 Å². The average Bonchev–Trinajstić information content (AvgIpc) is 2.67. The number of ether oxygens (including phenoxy) is 2. The zero-order valence-corrected chi connectivity index (χ0v) is 17.4. The molecule has 6 nitrogen and oxygen atoms in total. The number of fused-ring (bicyclic) bond motifs is 1.